The Kier molecular flexibility index (Phi) is 1.45. The Hall–Kier alpha value is -1.12. The lowest BCUT2D eigenvalue weighted by Crippen LogP contribution is -2.33. The smallest absolute Gasteiger partial charge is 0.257 e. The van der Waals surface area contributed by atoms with Gasteiger partial charge in [0.2, 0.25) is 0 Å². The Morgan fingerprint density at radius 3 is 2.07 bits per heavy atom. The van der Waals surface area contributed by atoms with Crippen molar-refractivity contribution in [1.82, 2.24) is 4.90 Å². The molecule has 1 heterocycles. The SMILES string of the molecule is CCN1C(=O)C2=C(C1=O)C1CCC2C1. The molecule has 2 amide bonds. The number of hydrogen-bond acceptors (Lipinski definition) is 2. The number of carbonyl (C=O) groups is 2. The van der Waals surface area contributed by atoms with E-state index in [1.165, 1.54) is 4.90 Å². The topological polar surface area (TPSA) is 37.4 Å². The summed E-state index contributed by atoms with van der Waals surface area (Å²) in [5.74, 6) is 0.811. The maximum absolute atomic E-state index is 11.9. The van der Waals surface area contributed by atoms with E-state index in [2.05, 4.69) is 0 Å². The fraction of sp³-hybridized carbons (Fsp3) is 0.636. The summed E-state index contributed by atoms with van der Waals surface area (Å²) in [5.41, 5.74) is 1.74. The van der Waals surface area contributed by atoms with Gasteiger partial charge in [0.1, 0.15) is 0 Å². The van der Waals surface area contributed by atoms with Crippen molar-refractivity contribution < 1.29 is 9.59 Å². The van der Waals surface area contributed by atoms with Crippen LogP contribution >= 0.6 is 0 Å². The monoisotopic (exact) mass is 191 g/mol. The first kappa shape index (κ1) is 8.21. The molecule has 14 heavy (non-hydrogen) atoms. The molecule has 1 saturated carbocycles. The highest BCUT2D eigenvalue weighted by atomic mass is 16.2. The standard InChI is InChI=1S/C11H13NO2/c1-2-12-10(13)8-6-3-4-7(5-6)9(8)11(12)14/h6-7H,2-5H2,1H3. The second-order valence-electron chi connectivity index (χ2n) is 4.39. The molecular formula is C11H13NO2. The number of imide groups is 1. The molecule has 0 aromatic heterocycles. The number of hydrogen-bond donors (Lipinski definition) is 0. The zero-order valence-electron chi connectivity index (χ0n) is 8.25. The first-order valence-electron chi connectivity index (χ1n) is 5.34. The van der Waals surface area contributed by atoms with Gasteiger partial charge in [-0.05, 0) is 38.0 Å². The number of carbonyl (C=O) groups excluding carboxylic acids is 2. The summed E-state index contributed by atoms with van der Waals surface area (Å²) in [6.07, 6.45) is 3.28. The van der Waals surface area contributed by atoms with E-state index in [1.54, 1.807) is 0 Å². The van der Waals surface area contributed by atoms with E-state index in [4.69, 9.17) is 0 Å². The van der Waals surface area contributed by atoms with Crippen LogP contribution in [0.2, 0.25) is 0 Å². The summed E-state index contributed by atoms with van der Waals surface area (Å²) in [5, 5.41) is 0. The third-order valence-electron chi connectivity index (χ3n) is 3.81. The van der Waals surface area contributed by atoms with E-state index >= 15 is 0 Å². The van der Waals surface area contributed by atoms with E-state index in [0.717, 1.165) is 30.4 Å². The molecule has 0 spiro atoms. The molecule has 1 aliphatic heterocycles. The third kappa shape index (κ3) is 0.740. The van der Waals surface area contributed by atoms with Gasteiger partial charge in [0.05, 0.1) is 0 Å². The number of amides is 2. The Morgan fingerprint density at radius 2 is 1.64 bits per heavy atom. The molecule has 2 unspecified atom stereocenters. The number of fused-ring (bicyclic) bond motifs is 4. The van der Waals surface area contributed by atoms with Crippen molar-refractivity contribution in [2.45, 2.75) is 26.2 Å². The van der Waals surface area contributed by atoms with Crippen molar-refractivity contribution in [2.75, 3.05) is 6.54 Å². The highest BCUT2D eigenvalue weighted by Crippen LogP contribution is 2.51. The number of rotatable bonds is 1. The minimum absolute atomic E-state index is 0.000278. The van der Waals surface area contributed by atoms with Crippen LogP contribution in [0.3, 0.4) is 0 Å². The van der Waals surface area contributed by atoms with Crippen LogP contribution in [0, 0.1) is 11.8 Å². The van der Waals surface area contributed by atoms with Crippen LogP contribution in [0.5, 0.6) is 0 Å². The van der Waals surface area contributed by atoms with Crippen molar-refractivity contribution in [2.24, 2.45) is 11.8 Å². The van der Waals surface area contributed by atoms with Gasteiger partial charge in [0, 0.05) is 17.7 Å². The predicted molar refractivity (Wildman–Crippen MR) is 50.3 cm³/mol. The van der Waals surface area contributed by atoms with Gasteiger partial charge in [-0.2, -0.15) is 0 Å². The third-order valence-corrected chi connectivity index (χ3v) is 3.81. The Bertz CT molecular complexity index is 337. The van der Waals surface area contributed by atoms with Crippen molar-refractivity contribution >= 4 is 11.8 Å². The van der Waals surface area contributed by atoms with Crippen molar-refractivity contribution in [3.8, 4) is 0 Å². The van der Waals surface area contributed by atoms with E-state index < -0.39 is 0 Å². The van der Waals surface area contributed by atoms with E-state index in [-0.39, 0.29) is 11.8 Å². The van der Waals surface area contributed by atoms with Crippen LogP contribution in [0.25, 0.3) is 0 Å². The molecule has 3 aliphatic rings. The van der Waals surface area contributed by atoms with Gasteiger partial charge in [-0.3, -0.25) is 14.5 Å². The summed E-state index contributed by atoms with van der Waals surface area (Å²) >= 11 is 0. The van der Waals surface area contributed by atoms with Gasteiger partial charge >= 0.3 is 0 Å². The quantitative estimate of drug-likeness (QED) is 0.582. The van der Waals surface area contributed by atoms with Crippen LogP contribution in [0.1, 0.15) is 26.2 Å². The average molecular weight is 191 g/mol. The summed E-state index contributed by atoms with van der Waals surface area (Å²) in [4.78, 5) is 25.1. The molecular weight excluding hydrogens is 178 g/mol. The lowest BCUT2D eigenvalue weighted by molar-refractivity contribution is -0.137. The Labute approximate surface area is 82.8 Å². The van der Waals surface area contributed by atoms with Gasteiger partial charge in [0.15, 0.2) is 0 Å². The molecule has 3 rings (SSSR count). The summed E-state index contributed by atoms with van der Waals surface area (Å²) in [6, 6.07) is 0. The van der Waals surface area contributed by atoms with Gasteiger partial charge in [-0.25, -0.2) is 0 Å². The summed E-state index contributed by atoms with van der Waals surface area (Å²) in [7, 11) is 0. The zero-order valence-corrected chi connectivity index (χ0v) is 8.25. The molecule has 1 fully saturated rings. The van der Waals surface area contributed by atoms with Crippen LogP contribution in [-0.2, 0) is 9.59 Å². The molecule has 3 nitrogen and oxygen atoms in total. The average Bonchev–Trinajstić information content (AvgIpc) is 2.80. The fourth-order valence-electron chi connectivity index (χ4n) is 3.20. The highest BCUT2D eigenvalue weighted by molar-refractivity contribution is 6.20. The minimum Gasteiger partial charge on any atom is -0.275 e. The van der Waals surface area contributed by atoms with E-state index in [9.17, 15) is 9.59 Å². The molecule has 2 aliphatic carbocycles. The fourth-order valence-corrected chi connectivity index (χ4v) is 3.20. The number of likely N-dealkylation sites (N-methyl/N-ethyl adjacent to an activating group) is 1. The van der Waals surface area contributed by atoms with Crippen molar-refractivity contribution in [1.29, 1.82) is 0 Å². The lowest BCUT2D eigenvalue weighted by atomic mass is 9.93. The Morgan fingerprint density at radius 1 is 1.14 bits per heavy atom. The van der Waals surface area contributed by atoms with Gasteiger partial charge in [0.25, 0.3) is 11.8 Å². The van der Waals surface area contributed by atoms with Gasteiger partial charge < -0.3 is 0 Å². The van der Waals surface area contributed by atoms with Crippen molar-refractivity contribution in [3.63, 3.8) is 0 Å². The van der Waals surface area contributed by atoms with E-state index in [0.29, 0.717) is 18.4 Å². The van der Waals surface area contributed by atoms with Crippen molar-refractivity contribution in [3.05, 3.63) is 11.1 Å². The maximum Gasteiger partial charge on any atom is 0.257 e. The van der Waals surface area contributed by atoms with Crippen LogP contribution in [-0.4, -0.2) is 23.3 Å². The largest absolute Gasteiger partial charge is 0.275 e. The van der Waals surface area contributed by atoms with E-state index in [1.807, 2.05) is 6.92 Å². The molecule has 0 radical (unpaired) electrons. The molecule has 2 bridgehead atoms. The molecule has 3 heteroatoms. The molecule has 74 valence electrons. The summed E-state index contributed by atoms with van der Waals surface area (Å²) < 4.78 is 0. The van der Waals surface area contributed by atoms with Crippen LogP contribution in [0.4, 0.5) is 0 Å². The van der Waals surface area contributed by atoms with Gasteiger partial charge in [-0.15, -0.1) is 0 Å². The Balaban J connectivity index is 2.08. The summed E-state index contributed by atoms with van der Waals surface area (Å²) in [6.45, 7) is 2.38. The molecule has 2 atom stereocenters. The predicted octanol–water partition coefficient (Wildman–Crippen LogP) is 1.10. The molecule has 0 N–H and O–H groups in total. The maximum atomic E-state index is 11.9. The first-order valence-corrected chi connectivity index (χ1v) is 5.34. The lowest BCUT2D eigenvalue weighted by Gasteiger charge is -2.15. The highest BCUT2D eigenvalue weighted by Gasteiger charge is 2.51. The minimum atomic E-state index is -0.000278. The molecule has 0 saturated heterocycles. The second-order valence-corrected chi connectivity index (χ2v) is 4.39. The van der Waals surface area contributed by atoms with Gasteiger partial charge in [-0.1, -0.05) is 0 Å². The number of likely N-dealkylation sites (tertiary alicyclic amines) is 1. The zero-order chi connectivity index (χ0) is 9.87. The van der Waals surface area contributed by atoms with Crippen LogP contribution < -0.4 is 0 Å². The van der Waals surface area contributed by atoms with Crippen LogP contribution in [0.15, 0.2) is 11.1 Å². The second kappa shape index (κ2) is 2.47. The first-order chi connectivity index (χ1) is 6.74. The molecule has 0 aromatic carbocycles. The molecule has 0 aromatic rings. The number of nitrogens with zero attached hydrogens (tertiary/aromatic N) is 1. The normalized spacial score (nSPS) is 34.8.